The van der Waals surface area contributed by atoms with Gasteiger partial charge in [-0.25, -0.2) is 0 Å². The molecule has 0 bridgehead atoms. The average Bonchev–Trinajstić information content (AvgIpc) is 2.65. The summed E-state index contributed by atoms with van der Waals surface area (Å²) >= 11 is 0. The summed E-state index contributed by atoms with van der Waals surface area (Å²) in [5, 5.41) is 0.148. The first-order chi connectivity index (χ1) is 14.1. The van der Waals surface area contributed by atoms with E-state index in [2.05, 4.69) is 47.4 Å². The molecular weight excluding hydrogens is 392 g/mol. The molecule has 0 aliphatic carbocycles. The van der Waals surface area contributed by atoms with Gasteiger partial charge in [-0.05, 0) is 56.7 Å². The van der Waals surface area contributed by atoms with E-state index in [1.54, 1.807) is 6.08 Å². The Morgan fingerprint density at radius 3 is 2.07 bits per heavy atom. The second-order valence-corrected chi connectivity index (χ2v) is 14.7. The molecule has 0 radical (unpaired) electrons. The number of ether oxygens (including phenoxy) is 1. The summed E-state index contributed by atoms with van der Waals surface area (Å²) in [6, 6.07) is 0. The standard InChI is InChI=1S/C25H48O4Si/c1-8-10-13-16-22(28-24(27)19-11-9-2)17-14-12-15-18-23(20-21-26)29-30(6,7)25(3,4)5/h9,21-23H,2,8,10-20H2,1,3-7H3/t22-,23-/m1/s1. The second kappa shape index (κ2) is 15.8. The Kier molecular flexibility index (Phi) is 15.3. The van der Waals surface area contributed by atoms with E-state index in [9.17, 15) is 9.59 Å². The minimum Gasteiger partial charge on any atom is -0.462 e. The van der Waals surface area contributed by atoms with Crippen LogP contribution in [0.3, 0.4) is 0 Å². The monoisotopic (exact) mass is 440 g/mol. The Morgan fingerprint density at radius 1 is 1.00 bits per heavy atom. The lowest BCUT2D eigenvalue weighted by Gasteiger charge is -2.39. The van der Waals surface area contributed by atoms with E-state index in [0.29, 0.717) is 19.3 Å². The molecule has 0 N–H and O–H groups in total. The number of aldehydes is 1. The highest BCUT2D eigenvalue weighted by Gasteiger charge is 2.38. The van der Waals surface area contributed by atoms with Gasteiger partial charge in [-0.15, -0.1) is 6.58 Å². The first-order valence-corrected chi connectivity index (χ1v) is 14.9. The molecule has 30 heavy (non-hydrogen) atoms. The number of allylic oxidation sites excluding steroid dienone is 1. The fraction of sp³-hybridized carbons (Fsp3) is 0.840. The summed E-state index contributed by atoms with van der Waals surface area (Å²) < 4.78 is 12.2. The van der Waals surface area contributed by atoms with Crippen molar-refractivity contribution in [1.82, 2.24) is 0 Å². The molecule has 0 aromatic heterocycles. The minimum absolute atomic E-state index is 0.0282. The molecule has 0 saturated carbocycles. The average molecular weight is 441 g/mol. The fourth-order valence-electron chi connectivity index (χ4n) is 3.20. The first kappa shape index (κ1) is 29.1. The van der Waals surface area contributed by atoms with Crippen LogP contribution in [0.5, 0.6) is 0 Å². The summed E-state index contributed by atoms with van der Waals surface area (Å²) in [6.45, 7) is 17.0. The minimum atomic E-state index is -1.86. The van der Waals surface area contributed by atoms with E-state index in [-0.39, 0.29) is 23.2 Å². The van der Waals surface area contributed by atoms with Crippen molar-refractivity contribution in [2.24, 2.45) is 0 Å². The number of unbranched alkanes of at least 4 members (excludes halogenated alkanes) is 4. The van der Waals surface area contributed by atoms with E-state index < -0.39 is 8.32 Å². The molecule has 0 aromatic rings. The van der Waals surface area contributed by atoms with Crippen LogP contribution in [-0.4, -0.2) is 32.8 Å². The number of hydrogen-bond acceptors (Lipinski definition) is 4. The Bertz CT molecular complexity index is 482. The molecule has 176 valence electrons. The van der Waals surface area contributed by atoms with Gasteiger partial charge >= 0.3 is 5.97 Å². The quantitative estimate of drug-likeness (QED) is 0.0733. The van der Waals surface area contributed by atoms with Gasteiger partial charge in [0.15, 0.2) is 8.32 Å². The van der Waals surface area contributed by atoms with Crippen molar-refractivity contribution < 1.29 is 18.8 Å². The molecule has 0 spiro atoms. The highest BCUT2D eigenvalue weighted by molar-refractivity contribution is 6.74. The molecule has 5 heteroatoms. The summed E-state index contributed by atoms with van der Waals surface area (Å²) in [5.41, 5.74) is 0. The largest absolute Gasteiger partial charge is 0.462 e. The van der Waals surface area contributed by atoms with Crippen LogP contribution >= 0.6 is 0 Å². The third kappa shape index (κ3) is 13.4. The molecule has 0 heterocycles. The van der Waals surface area contributed by atoms with E-state index in [1.165, 1.54) is 12.8 Å². The molecule has 0 saturated heterocycles. The van der Waals surface area contributed by atoms with Gasteiger partial charge in [0.1, 0.15) is 12.4 Å². The Morgan fingerprint density at radius 2 is 1.57 bits per heavy atom. The van der Waals surface area contributed by atoms with Crippen LogP contribution in [0.1, 0.15) is 105 Å². The van der Waals surface area contributed by atoms with Crippen LogP contribution in [-0.2, 0) is 18.8 Å². The van der Waals surface area contributed by atoms with Crippen LogP contribution in [0.25, 0.3) is 0 Å². The molecule has 0 rings (SSSR count). The molecule has 0 aliphatic rings. The molecule has 0 unspecified atom stereocenters. The Labute approximate surface area is 187 Å². The Balaban J connectivity index is 4.44. The van der Waals surface area contributed by atoms with Gasteiger partial charge in [0.25, 0.3) is 0 Å². The van der Waals surface area contributed by atoms with Crippen molar-refractivity contribution in [2.45, 2.75) is 135 Å². The lowest BCUT2D eigenvalue weighted by atomic mass is 10.0. The number of carbonyl (C=O) groups is 2. The Hall–Kier alpha value is -0.943. The maximum atomic E-state index is 12.0. The van der Waals surface area contributed by atoms with Crippen molar-refractivity contribution in [2.75, 3.05) is 0 Å². The van der Waals surface area contributed by atoms with Crippen LogP contribution in [0.2, 0.25) is 18.1 Å². The molecule has 0 aromatic carbocycles. The lowest BCUT2D eigenvalue weighted by molar-refractivity contribution is -0.149. The normalized spacial score (nSPS) is 14.2. The highest BCUT2D eigenvalue weighted by Crippen LogP contribution is 2.38. The van der Waals surface area contributed by atoms with Gasteiger partial charge in [0, 0.05) is 12.8 Å². The second-order valence-electron chi connectivity index (χ2n) is 9.98. The van der Waals surface area contributed by atoms with Gasteiger partial charge < -0.3 is 14.0 Å². The molecule has 2 atom stereocenters. The third-order valence-corrected chi connectivity index (χ3v) is 10.7. The van der Waals surface area contributed by atoms with Crippen molar-refractivity contribution in [3.63, 3.8) is 0 Å². The van der Waals surface area contributed by atoms with E-state index in [1.807, 2.05) is 0 Å². The summed E-state index contributed by atoms with van der Waals surface area (Å²) in [6.07, 6.45) is 13.8. The molecule has 0 aliphatic heterocycles. The number of hydrogen-bond donors (Lipinski definition) is 0. The van der Waals surface area contributed by atoms with Crippen molar-refractivity contribution in [3.8, 4) is 0 Å². The zero-order chi connectivity index (χ0) is 23.0. The number of rotatable bonds is 18. The highest BCUT2D eigenvalue weighted by atomic mass is 28.4. The van der Waals surface area contributed by atoms with Gasteiger partial charge in [0.2, 0.25) is 0 Å². The first-order valence-electron chi connectivity index (χ1n) is 12.0. The topological polar surface area (TPSA) is 52.6 Å². The number of carbonyl (C=O) groups excluding carboxylic acids is 2. The maximum absolute atomic E-state index is 12.0. The van der Waals surface area contributed by atoms with Crippen LogP contribution in [0, 0.1) is 0 Å². The van der Waals surface area contributed by atoms with E-state index in [0.717, 1.165) is 51.2 Å². The van der Waals surface area contributed by atoms with E-state index >= 15 is 0 Å². The van der Waals surface area contributed by atoms with Crippen molar-refractivity contribution in [1.29, 1.82) is 0 Å². The summed E-state index contributed by atoms with van der Waals surface area (Å²) in [7, 11) is -1.86. The van der Waals surface area contributed by atoms with Crippen molar-refractivity contribution in [3.05, 3.63) is 12.7 Å². The van der Waals surface area contributed by atoms with Crippen LogP contribution < -0.4 is 0 Å². The molecule has 0 amide bonds. The smallest absolute Gasteiger partial charge is 0.306 e. The zero-order valence-electron chi connectivity index (χ0n) is 20.6. The summed E-state index contributed by atoms with van der Waals surface area (Å²) in [4.78, 5) is 23.1. The van der Waals surface area contributed by atoms with Crippen LogP contribution in [0.15, 0.2) is 12.7 Å². The maximum Gasteiger partial charge on any atom is 0.306 e. The van der Waals surface area contributed by atoms with E-state index in [4.69, 9.17) is 9.16 Å². The van der Waals surface area contributed by atoms with Gasteiger partial charge in [-0.2, -0.15) is 0 Å². The number of esters is 1. The lowest BCUT2D eigenvalue weighted by Crippen LogP contribution is -2.44. The van der Waals surface area contributed by atoms with Crippen molar-refractivity contribution >= 4 is 20.6 Å². The predicted octanol–water partition coefficient (Wildman–Crippen LogP) is 7.37. The van der Waals surface area contributed by atoms with Gasteiger partial charge in [-0.1, -0.05) is 59.5 Å². The molecule has 0 fully saturated rings. The summed E-state index contributed by atoms with van der Waals surface area (Å²) in [5.74, 6) is -0.106. The third-order valence-electron chi connectivity index (χ3n) is 6.16. The molecule has 4 nitrogen and oxygen atoms in total. The van der Waals surface area contributed by atoms with Crippen LogP contribution in [0.4, 0.5) is 0 Å². The zero-order valence-corrected chi connectivity index (χ0v) is 21.6. The SMILES string of the molecule is C=CCCC(=O)O[C@H](CCCCC)CCCCC[C@H](CC=O)O[Si](C)(C)C(C)(C)C. The fourth-order valence-corrected chi connectivity index (χ4v) is 4.60. The molecular formula is C25H48O4Si. The predicted molar refractivity (Wildman–Crippen MR) is 129 cm³/mol. The van der Waals surface area contributed by atoms with Gasteiger partial charge in [-0.3, -0.25) is 4.79 Å². The van der Waals surface area contributed by atoms with Gasteiger partial charge in [0.05, 0.1) is 6.10 Å².